The average Bonchev–Trinajstić information content (AvgIpc) is 2.94. The first-order chi connectivity index (χ1) is 10.3. The molecule has 2 aromatic rings. The Labute approximate surface area is 125 Å². The van der Waals surface area contributed by atoms with Gasteiger partial charge in [0.25, 0.3) is 0 Å². The summed E-state index contributed by atoms with van der Waals surface area (Å²) in [6.45, 7) is 2.79. The summed E-state index contributed by atoms with van der Waals surface area (Å²) in [5, 5.41) is 3.51. The van der Waals surface area contributed by atoms with Gasteiger partial charge in [0.05, 0.1) is 19.9 Å². The predicted octanol–water partition coefficient (Wildman–Crippen LogP) is 3.28. The second-order valence-corrected chi connectivity index (χ2v) is 5.59. The Morgan fingerprint density at radius 2 is 2.05 bits per heavy atom. The lowest BCUT2D eigenvalue weighted by Crippen LogP contribution is -2.39. The smallest absolute Gasteiger partial charge is 0.208 e. The number of aryl methyl sites for hydroxylation is 1. The molecule has 0 bridgehead atoms. The van der Waals surface area contributed by atoms with Gasteiger partial charge in [-0.1, -0.05) is 19.1 Å². The van der Waals surface area contributed by atoms with Crippen LogP contribution in [0.25, 0.3) is 0 Å². The van der Waals surface area contributed by atoms with Crippen molar-refractivity contribution in [1.82, 2.24) is 10.3 Å². The highest BCUT2D eigenvalue weighted by Crippen LogP contribution is 2.37. The van der Waals surface area contributed by atoms with Gasteiger partial charge in [-0.15, -0.1) is 0 Å². The van der Waals surface area contributed by atoms with Crippen molar-refractivity contribution in [3.05, 3.63) is 47.7 Å². The van der Waals surface area contributed by atoms with Crippen LogP contribution in [0, 0.1) is 0 Å². The average molecular weight is 286 g/mol. The van der Waals surface area contributed by atoms with Gasteiger partial charge < -0.3 is 14.5 Å². The van der Waals surface area contributed by atoms with E-state index >= 15 is 0 Å². The van der Waals surface area contributed by atoms with Crippen molar-refractivity contribution >= 4 is 0 Å². The molecule has 0 amide bonds. The summed E-state index contributed by atoms with van der Waals surface area (Å²) in [5.74, 6) is 3.32. The van der Waals surface area contributed by atoms with Gasteiger partial charge in [-0.05, 0) is 36.5 Å². The highest BCUT2D eigenvalue weighted by atomic mass is 16.5. The quantitative estimate of drug-likeness (QED) is 0.885. The van der Waals surface area contributed by atoms with E-state index in [1.54, 1.807) is 7.11 Å². The molecular formula is C17H22N2O2. The zero-order chi connectivity index (χ0) is 14.7. The fourth-order valence-electron chi connectivity index (χ4n) is 2.76. The van der Waals surface area contributed by atoms with Crippen LogP contribution in [0.4, 0.5) is 0 Å². The lowest BCUT2D eigenvalue weighted by molar-refractivity contribution is 0.278. The van der Waals surface area contributed by atoms with E-state index in [2.05, 4.69) is 29.4 Å². The van der Waals surface area contributed by atoms with Crippen LogP contribution in [0.15, 0.2) is 34.9 Å². The Kier molecular flexibility index (Phi) is 4.25. The van der Waals surface area contributed by atoms with Gasteiger partial charge >= 0.3 is 0 Å². The van der Waals surface area contributed by atoms with E-state index in [0.29, 0.717) is 12.0 Å². The highest BCUT2D eigenvalue weighted by Gasteiger charge is 2.30. The Hall–Kier alpha value is -1.81. The monoisotopic (exact) mass is 286 g/mol. The molecule has 0 spiro atoms. The van der Waals surface area contributed by atoms with Crippen LogP contribution in [0.3, 0.4) is 0 Å². The Morgan fingerprint density at radius 3 is 2.67 bits per heavy atom. The zero-order valence-electron chi connectivity index (χ0n) is 12.6. The van der Waals surface area contributed by atoms with E-state index in [9.17, 15) is 0 Å². The number of ether oxygens (including phenoxy) is 1. The number of hydrogen-bond acceptors (Lipinski definition) is 4. The molecule has 4 nitrogen and oxygen atoms in total. The van der Waals surface area contributed by atoms with Crippen LogP contribution in [0.2, 0.25) is 0 Å². The molecule has 1 N–H and O–H groups in total. The van der Waals surface area contributed by atoms with Crippen LogP contribution >= 0.6 is 0 Å². The van der Waals surface area contributed by atoms with E-state index in [4.69, 9.17) is 9.15 Å². The molecule has 21 heavy (non-hydrogen) atoms. The Bertz CT molecular complexity index is 571. The fraction of sp³-hybridized carbons (Fsp3) is 0.471. The second kappa shape index (κ2) is 6.31. The maximum absolute atomic E-state index is 5.60. The minimum Gasteiger partial charge on any atom is -0.497 e. The lowest BCUT2D eigenvalue weighted by Gasteiger charge is -2.36. The van der Waals surface area contributed by atoms with Crippen LogP contribution in [-0.2, 0) is 13.0 Å². The van der Waals surface area contributed by atoms with Gasteiger partial charge in [-0.2, -0.15) is 0 Å². The minimum atomic E-state index is 0.564. The van der Waals surface area contributed by atoms with E-state index in [0.717, 1.165) is 30.4 Å². The number of nitrogens with zero attached hydrogens (tertiary/aromatic N) is 1. The summed E-state index contributed by atoms with van der Waals surface area (Å²) in [7, 11) is 1.70. The predicted molar refractivity (Wildman–Crippen MR) is 81.5 cm³/mol. The number of oxazole rings is 1. The van der Waals surface area contributed by atoms with Crippen molar-refractivity contribution in [1.29, 1.82) is 0 Å². The van der Waals surface area contributed by atoms with Crippen molar-refractivity contribution in [2.24, 2.45) is 0 Å². The van der Waals surface area contributed by atoms with Crippen molar-refractivity contribution < 1.29 is 9.15 Å². The zero-order valence-corrected chi connectivity index (χ0v) is 12.6. The van der Waals surface area contributed by atoms with Gasteiger partial charge in [0.1, 0.15) is 11.5 Å². The molecule has 0 radical (unpaired) electrons. The standard InChI is InChI=1S/C17H22N2O2/c1-3-15-10-19-17(21-15)11-18-14-8-13(9-14)12-4-6-16(20-2)7-5-12/h4-7,10,13-14,18H,3,8-9,11H2,1-2H3. The van der Waals surface area contributed by atoms with Crippen LogP contribution in [-0.4, -0.2) is 18.1 Å². The Morgan fingerprint density at radius 1 is 1.29 bits per heavy atom. The normalized spacial score (nSPS) is 21.0. The number of nitrogens with one attached hydrogen (secondary N) is 1. The van der Waals surface area contributed by atoms with Crippen LogP contribution < -0.4 is 10.1 Å². The molecule has 1 heterocycles. The molecule has 0 saturated heterocycles. The third kappa shape index (κ3) is 3.27. The molecule has 4 heteroatoms. The number of rotatable bonds is 6. The largest absolute Gasteiger partial charge is 0.497 e. The molecule has 0 unspecified atom stereocenters. The molecular weight excluding hydrogens is 264 g/mol. The molecule has 1 aliphatic rings. The van der Waals surface area contributed by atoms with Gasteiger partial charge in [0.2, 0.25) is 5.89 Å². The molecule has 1 aliphatic carbocycles. The molecule has 112 valence electrons. The number of hydrogen-bond donors (Lipinski definition) is 1. The first kappa shape index (κ1) is 14.1. The van der Waals surface area contributed by atoms with Crippen molar-refractivity contribution in [2.75, 3.05) is 7.11 Å². The van der Waals surface area contributed by atoms with Gasteiger partial charge in [-0.25, -0.2) is 4.98 Å². The Balaban J connectivity index is 1.44. The van der Waals surface area contributed by atoms with Gasteiger partial charge in [0, 0.05) is 12.5 Å². The summed E-state index contributed by atoms with van der Waals surface area (Å²) >= 11 is 0. The van der Waals surface area contributed by atoms with E-state index in [1.807, 2.05) is 18.3 Å². The van der Waals surface area contributed by atoms with Crippen molar-refractivity contribution in [2.45, 2.75) is 44.7 Å². The first-order valence-electron chi connectivity index (χ1n) is 7.59. The maximum atomic E-state index is 5.60. The summed E-state index contributed by atoms with van der Waals surface area (Å²) in [5.41, 5.74) is 1.40. The summed E-state index contributed by atoms with van der Waals surface area (Å²) in [6.07, 6.45) is 5.06. The van der Waals surface area contributed by atoms with Gasteiger partial charge in [-0.3, -0.25) is 0 Å². The molecule has 3 rings (SSSR count). The molecule has 1 fully saturated rings. The first-order valence-corrected chi connectivity index (χ1v) is 7.59. The molecule has 1 aromatic heterocycles. The van der Waals surface area contributed by atoms with Crippen molar-refractivity contribution in [3.8, 4) is 5.75 Å². The molecule has 0 aliphatic heterocycles. The molecule has 1 saturated carbocycles. The minimum absolute atomic E-state index is 0.564. The van der Waals surface area contributed by atoms with Gasteiger partial charge in [0.15, 0.2) is 0 Å². The maximum Gasteiger partial charge on any atom is 0.208 e. The van der Waals surface area contributed by atoms with E-state index in [-0.39, 0.29) is 0 Å². The lowest BCUT2D eigenvalue weighted by atomic mass is 9.76. The number of methoxy groups -OCH3 is 1. The van der Waals surface area contributed by atoms with Crippen LogP contribution in [0.1, 0.15) is 42.9 Å². The third-order valence-electron chi connectivity index (χ3n) is 4.22. The third-order valence-corrected chi connectivity index (χ3v) is 4.22. The highest BCUT2D eigenvalue weighted by molar-refractivity contribution is 5.30. The summed E-state index contributed by atoms with van der Waals surface area (Å²) in [4.78, 5) is 4.27. The SMILES string of the molecule is CCc1cnc(CNC2CC(c3ccc(OC)cc3)C2)o1. The topological polar surface area (TPSA) is 47.3 Å². The van der Waals surface area contributed by atoms with E-state index < -0.39 is 0 Å². The number of benzene rings is 1. The van der Waals surface area contributed by atoms with E-state index in [1.165, 1.54) is 18.4 Å². The number of aromatic nitrogens is 1. The summed E-state index contributed by atoms with van der Waals surface area (Å²) < 4.78 is 10.8. The van der Waals surface area contributed by atoms with Crippen molar-refractivity contribution in [3.63, 3.8) is 0 Å². The summed E-state index contributed by atoms with van der Waals surface area (Å²) in [6, 6.07) is 8.97. The molecule has 1 aromatic carbocycles. The molecule has 0 atom stereocenters. The fourth-order valence-corrected chi connectivity index (χ4v) is 2.76. The second-order valence-electron chi connectivity index (χ2n) is 5.59. The van der Waals surface area contributed by atoms with Crippen LogP contribution in [0.5, 0.6) is 5.75 Å².